The largest absolute Gasteiger partial charge is 0.469 e. The summed E-state index contributed by atoms with van der Waals surface area (Å²) in [6.45, 7) is 0.239. The predicted octanol–water partition coefficient (Wildman–Crippen LogP) is 9.08. The lowest BCUT2D eigenvalue weighted by molar-refractivity contribution is 0.167. The monoisotopic (exact) mass is 640 g/mol. The molecule has 0 unspecified atom stereocenters. The molecule has 0 aliphatic carbocycles. The average Bonchev–Trinajstić information content (AvgIpc) is 2.80. The molecular formula is C23H17BrCl4O8. The lowest BCUT2D eigenvalue weighted by Crippen LogP contribution is -1.94. The number of rotatable bonds is 4. The highest BCUT2D eigenvalue weighted by Crippen LogP contribution is 2.16. The van der Waals surface area contributed by atoms with Crippen molar-refractivity contribution in [1.29, 1.82) is 0 Å². The van der Waals surface area contributed by atoms with Crippen LogP contribution in [0.2, 0.25) is 0 Å². The van der Waals surface area contributed by atoms with Crippen LogP contribution in [0.5, 0.6) is 11.5 Å². The Kier molecular flexibility index (Phi) is 18.8. The number of ether oxygens (including phenoxy) is 3. The Morgan fingerprint density at radius 3 is 1.42 bits per heavy atom. The zero-order valence-corrected chi connectivity index (χ0v) is 22.6. The molecule has 3 aromatic carbocycles. The van der Waals surface area contributed by atoms with Crippen LogP contribution in [0.1, 0.15) is 5.56 Å². The van der Waals surface area contributed by atoms with Crippen molar-refractivity contribution in [2.24, 2.45) is 0 Å². The quantitative estimate of drug-likeness (QED) is 0.280. The first kappa shape index (κ1) is 33.2. The van der Waals surface area contributed by atoms with Gasteiger partial charge in [-0.1, -0.05) is 64.5 Å². The molecule has 0 radical (unpaired) electrons. The number of para-hydroxylation sites is 1. The molecule has 0 amide bonds. The van der Waals surface area contributed by atoms with E-state index < -0.39 is 21.7 Å². The van der Waals surface area contributed by atoms with Crippen molar-refractivity contribution in [2.45, 2.75) is 6.61 Å². The van der Waals surface area contributed by atoms with Crippen LogP contribution >= 0.6 is 62.3 Å². The lowest BCUT2D eigenvalue weighted by atomic mass is 10.2. The fourth-order valence-corrected chi connectivity index (χ4v) is 2.39. The van der Waals surface area contributed by atoms with Crippen molar-refractivity contribution in [2.75, 3.05) is 0 Å². The molecule has 0 aromatic heterocycles. The summed E-state index contributed by atoms with van der Waals surface area (Å²) in [7, 11) is 0. The third-order valence-corrected chi connectivity index (χ3v) is 3.94. The Labute approximate surface area is 234 Å². The summed E-state index contributed by atoms with van der Waals surface area (Å²) < 4.78 is 14.6. The molecule has 0 saturated heterocycles. The topological polar surface area (TPSA) is 116 Å². The maximum absolute atomic E-state index is 10.2. The number of hydrogen-bond acceptors (Lipinski definition) is 7. The summed E-state index contributed by atoms with van der Waals surface area (Å²) in [6, 6.07) is 24.8. The van der Waals surface area contributed by atoms with Crippen LogP contribution in [0, 0.1) is 0 Å². The molecule has 0 aliphatic rings. The van der Waals surface area contributed by atoms with Crippen molar-refractivity contribution in [3.63, 3.8) is 0 Å². The van der Waals surface area contributed by atoms with Crippen LogP contribution in [0.15, 0.2) is 89.4 Å². The van der Waals surface area contributed by atoms with Gasteiger partial charge in [-0.3, -0.25) is 0 Å². The van der Waals surface area contributed by atoms with E-state index in [0.717, 1.165) is 10.0 Å². The van der Waals surface area contributed by atoms with Gasteiger partial charge >= 0.3 is 21.7 Å². The first-order valence-corrected chi connectivity index (χ1v) is 11.6. The second-order valence-electron chi connectivity index (χ2n) is 5.71. The average molecular weight is 643 g/mol. The smallest absolute Gasteiger partial charge is 0.409 e. The molecule has 0 aliphatic heterocycles. The van der Waals surface area contributed by atoms with Gasteiger partial charge in [0.2, 0.25) is 0 Å². The van der Waals surface area contributed by atoms with E-state index in [0.29, 0.717) is 11.5 Å². The molecule has 36 heavy (non-hydrogen) atoms. The summed E-state index contributed by atoms with van der Waals surface area (Å²) in [5.41, 5.74) is -2.84. The molecule has 13 heteroatoms. The molecular weight excluding hydrogens is 626 g/mol. The zero-order valence-electron chi connectivity index (χ0n) is 18.0. The van der Waals surface area contributed by atoms with Gasteiger partial charge in [0.25, 0.3) is 0 Å². The van der Waals surface area contributed by atoms with Gasteiger partial charge in [0, 0.05) is 50.9 Å². The second kappa shape index (κ2) is 20.4. The number of hydrogen-bond donors (Lipinski definition) is 1. The molecule has 8 nitrogen and oxygen atoms in total. The maximum atomic E-state index is 10.2. The van der Waals surface area contributed by atoms with E-state index in [-0.39, 0.29) is 6.61 Å². The van der Waals surface area contributed by atoms with Crippen molar-refractivity contribution < 1.29 is 38.5 Å². The van der Waals surface area contributed by atoms with Crippen LogP contribution in [0.4, 0.5) is 19.2 Å². The molecule has 1 N–H and O–H groups in total. The van der Waals surface area contributed by atoms with Gasteiger partial charge < -0.3 is 19.3 Å². The highest BCUT2D eigenvalue weighted by molar-refractivity contribution is 9.10. The number of carbonyl (C=O) groups is 4. The van der Waals surface area contributed by atoms with Crippen LogP contribution in [0.25, 0.3) is 0 Å². The van der Waals surface area contributed by atoms with E-state index in [4.69, 9.17) is 44.7 Å². The van der Waals surface area contributed by atoms with Gasteiger partial charge in [0.1, 0.15) is 18.1 Å². The minimum absolute atomic E-state index is 0.239. The van der Waals surface area contributed by atoms with Crippen LogP contribution < -0.4 is 9.47 Å². The fraction of sp³-hybridized carbons (Fsp3) is 0.0435. The van der Waals surface area contributed by atoms with Gasteiger partial charge in [0.05, 0.1) is 0 Å². The summed E-state index contributed by atoms with van der Waals surface area (Å²) in [4.78, 5) is 39.3. The summed E-state index contributed by atoms with van der Waals surface area (Å²) >= 11 is 22.3. The van der Waals surface area contributed by atoms with E-state index in [1.54, 1.807) is 48.5 Å². The minimum Gasteiger partial charge on any atom is -0.469 e. The van der Waals surface area contributed by atoms with Gasteiger partial charge in [-0.25, -0.2) is 19.2 Å². The molecule has 0 fully saturated rings. The van der Waals surface area contributed by atoms with Gasteiger partial charge in [0.15, 0.2) is 0 Å². The second-order valence-corrected chi connectivity index (χ2v) is 7.88. The van der Waals surface area contributed by atoms with E-state index in [2.05, 4.69) is 41.7 Å². The van der Waals surface area contributed by atoms with Crippen LogP contribution in [-0.4, -0.2) is 26.8 Å². The van der Waals surface area contributed by atoms with Gasteiger partial charge in [-0.15, -0.1) is 0 Å². The predicted molar refractivity (Wildman–Crippen MR) is 141 cm³/mol. The first-order valence-electron chi connectivity index (χ1n) is 9.29. The standard InChI is InChI=1S/C8H7ClO2.C7H4BrClO2.C7H5ClO2.CHClO2/c9-8(10)11-6-7-4-2-1-3-5-7;8-5-1-3-6(4-2-5)11-7(9)10;8-7(9)10-6-4-2-1-3-5-6;2-1(3)4/h1-5H,6H2;1-4H;1-5H;(H,3,4). The number of benzene rings is 3. The summed E-state index contributed by atoms with van der Waals surface area (Å²) in [5, 5.41) is 7.18. The van der Waals surface area contributed by atoms with Crippen molar-refractivity contribution in [3.05, 3.63) is 95.0 Å². The highest BCUT2D eigenvalue weighted by atomic mass is 79.9. The normalized spacial score (nSPS) is 8.81. The van der Waals surface area contributed by atoms with E-state index in [1.165, 1.54) is 0 Å². The molecule has 0 spiro atoms. The molecule has 0 atom stereocenters. The number of carbonyl (C=O) groups excluding carboxylic acids is 3. The van der Waals surface area contributed by atoms with Crippen molar-refractivity contribution >= 4 is 84.0 Å². The van der Waals surface area contributed by atoms with Crippen LogP contribution in [0.3, 0.4) is 0 Å². The lowest BCUT2D eigenvalue weighted by Gasteiger charge is -1.98. The molecule has 0 bridgehead atoms. The third kappa shape index (κ3) is 21.7. The van der Waals surface area contributed by atoms with E-state index in [9.17, 15) is 14.4 Å². The highest BCUT2D eigenvalue weighted by Gasteiger charge is 1.98. The Morgan fingerprint density at radius 1 is 0.639 bits per heavy atom. The summed E-state index contributed by atoms with van der Waals surface area (Å²) in [6.07, 6.45) is 0. The van der Waals surface area contributed by atoms with E-state index >= 15 is 0 Å². The Balaban J connectivity index is 0.000000475. The van der Waals surface area contributed by atoms with E-state index in [1.807, 2.05) is 36.4 Å². The molecule has 3 aromatic rings. The number of carboxylic acid groups (broad SMARTS) is 1. The third-order valence-electron chi connectivity index (χ3n) is 3.15. The SMILES string of the molecule is O=C(Cl)OCc1ccccc1.O=C(Cl)Oc1ccc(Br)cc1.O=C(Cl)Oc1ccccc1.O=C(O)Cl. The molecule has 3 rings (SSSR count). The number of halogens is 5. The Hall–Kier alpha value is -2.82. The Bertz CT molecular complexity index is 1060. The molecule has 192 valence electrons. The Morgan fingerprint density at radius 2 is 1.03 bits per heavy atom. The van der Waals surface area contributed by atoms with Gasteiger partial charge in [-0.05, 0) is 42.0 Å². The maximum Gasteiger partial charge on any atom is 0.409 e. The minimum atomic E-state index is -1.36. The zero-order chi connectivity index (χ0) is 27.3. The fourth-order valence-electron chi connectivity index (χ4n) is 1.89. The van der Waals surface area contributed by atoms with Crippen molar-refractivity contribution in [1.82, 2.24) is 0 Å². The summed E-state index contributed by atoms with van der Waals surface area (Å²) in [5.74, 6) is 0.899. The molecule has 0 saturated carbocycles. The first-order chi connectivity index (χ1) is 17.0. The van der Waals surface area contributed by atoms with Crippen LogP contribution in [-0.2, 0) is 11.3 Å². The molecule has 0 heterocycles. The van der Waals surface area contributed by atoms with Gasteiger partial charge in [-0.2, -0.15) is 0 Å². The van der Waals surface area contributed by atoms with Crippen molar-refractivity contribution in [3.8, 4) is 11.5 Å².